The standard InChI is InChI=1S/C13H19N3O2/c1-9-4-5-12(8-10(9)2)16-13(18)15-7-6-14-11(3)17/h4-5,8H,6-7H2,1-3H3,(H,14,17)(H2,15,16,18). The maximum absolute atomic E-state index is 11.5. The number of nitrogens with one attached hydrogen (secondary N) is 3. The van der Waals surface area contributed by atoms with E-state index in [4.69, 9.17) is 0 Å². The zero-order chi connectivity index (χ0) is 13.5. The van der Waals surface area contributed by atoms with Gasteiger partial charge in [0.15, 0.2) is 0 Å². The summed E-state index contributed by atoms with van der Waals surface area (Å²) < 4.78 is 0. The zero-order valence-electron chi connectivity index (χ0n) is 11.0. The highest BCUT2D eigenvalue weighted by atomic mass is 16.2. The molecule has 0 saturated heterocycles. The molecule has 3 amide bonds. The van der Waals surface area contributed by atoms with Crippen molar-refractivity contribution in [2.45, 2.75) is 20.8 Å². The molecule has 0 aliphatic rings. The quantitative estimate of drug-likeness (QED) is 0.709. The van der Waals surface area contributed by atoms with Gasteiger partial charge in [-0.15, -0.1) is 0 Å². The average molecular weight is 249 g/mol. The monoisotopic (exact) mass is 249 g/mol. The number of hydrogen-bond donors (Lipinski definition) is 3. The van der Waals surface area contributed by atoms with Crippen LogP contribution in [0.4, 0.5) is 10.5 Å². The Kier molecular flexibility index (Phi) is 5.17. The Hall–Kier alpha value is -2.04. The first-order valence-electron chi connectivity index (χ1n) is 5.85. The van der Waals surface area contributed by atoms with Gasteiger partial charge in [0.1, 0.15) is 0 Å². The third-order valence-corrected chi connectivity index (χ3v) is 2.55. The molecule has 1 rings (SSSR count). The summed E-state index contributed by atoms with van der Waals surface area (Å²) in [6.45, 7) is 6.28. The smallest absolute Gasteiger partial charge is 0.319 e. The van der Waals surface area contributed by atoms with Gasteiger partial charge in [-0.2, -0.15) is 0 Å². The number of anilines is 1. The molecule has 0 unspecified atom stereocenters. The van der Waals surface area contributed by atoms with Crippen LogP contribution in [0.15, 0.2) is 18.2 Å². The molecule has 0 heterocycles. The maximum Gasteiger partial charge on any atom is 0.319 e. The molecule has 0 fully saturated rings. The van der Waals surface area contributed by atoms with Crippen molar-refractivity contribution in [2.24, 2.45) is 0 Å². The van der Waals surface area contributed by atoms with Gasteiger partial charge in [0.05, 0.1) is 0 Å². The molecule has 0 spiro atoms. The Bertz CT molecular complexity index is 444. The predicted molar refractivity (Wildman–Crippen MR) is 71.6 cm³/mol. The number of carbonyl (C=O) groups is 2. The third-order valence-electron chi connectivity index (χ3n) is 2.55. The molecule has 5 heteroatoms. The topological polar surface area (TPSA) is 70.2 Å². The van der Waals surface area contributed by atoms with Crippen molar-refractivity contribution in [1.29, 1.82) is 0 Å². The Morgan fingerprint density at radius 2 is 1.72 bits per heavy atom. The Morgan fingerprint density at radius 3 is 2.33 bits per heavy atom. The predicted octanol–water partition coefficient (Wildman–Crippen LogP) is 1.56. The summed E-state index contributed by atoms with van der Waals surface area (Å²) in [7, 11) is 0. The molecule has 0 aliphatic carbocycles. The van der Waals surface area contributed by atoms with E-state index in [0.717, 1.165) is 11.3 Å². The van der Waals surface area contributed by atoms with E-state index >= 15 is 0 Å². The minimum atomic E-state index is -0.274. The first kappa shape index (κ1) is 14.0. The Balaban J connectivity index is 2.35. The van der Waals surface area contributed by atoms with Crippen molar-refractivity contribution in [3.63, 3.8) is 0 Å². The number of carbonyl (C=O) groups excluding carboxylic acids is 2. The molecule has 0 aliphatic heterocycles. The fourth-order valence-electron chi connectivity index (χ4n) is 1.41. The number of hydrogen-bond acceptors (Lipinski definition) is 2. The van der Waals surface area contributed by atoms with E-state index in [1.807, 2.05) is 32.0 Å². The summed E-state index contributed by atoms with van der Waals surface area (Å²) in [6.07, 6.45) is 0. The van der Waals surface area contributed by atoms with Crippen molar-refractivity contribution in [3.8, 4) is 0 Å². The van der Waals surface area contributed by atoms with Crippen LogP contribution in [-0.2, 0) is 4.79 Å². The summed E-state index contributed by atoms with van der Waals surface area (Å²) >= 11 is 0. The van der Waals surface area contributed by atoms with Gasteiger partial charge in [-0.3, -0.25) is 4.79 Å². The van der Waals surface area contributed by atoms with Crippen LogP contribution in [0, 0.1) is 13.8 Å². The number of aryl methyl sites for hydroxylation is 2. The van der Waals surface area contributed by atoms with Crippen LogP contribution < -0.4 is 16.0 Å². The van der Waals surface area contributed by atoms with Gasteiger partial charge >= 0.3 is 6.03 Å². The zero-order valence-corrected chi connectivity index (χ0v) is 11.0. The highest BCUT2D eigenvalue weighted by Gasteiger charge is 2.02. The molecule has 1 aromatic rings. The van der Waals surface area contributed by atoms with Crippen molar-refractivity contribution in [2.75, 3.05) is 18.4 Å². The van der Waals surface area contributed by atoms with Crippen LogP contribution in [-0.4, -0.2) is 25.0 Å². The molecule has 1 aromatic carbocycles. The highest BCUT2D eigenvalue weighted by molar-refractivity contribution is 5.89. The number of urea groups is 1. The first-order chi connectivity index (χ1) is 8.49. The normalized spacial score (nSPS) is 9.72. The number of amides is 3. The second kappa shape index (κ2) is 6.64. The van der Waals surface area contributed by atoms with E-state index in [1.165, 1.54) is 12.5 Å². The largest absolute Gasteiger partial charge is 0.355 e. The van der Waals surface area contributed by atoms with Gasteiger partial charge in [-0.05, 0) is 37.1 Å². The molecule has 0 radical (unpaired) electrons. The molecule has 5 nitrogen and oxygen atoms in total. The van der Waals surface area contributed by atoms with Crippen molar-refractivity contribution in [1.82, 2.24) is 10.6 Å². The van der Waals surface area contributed by atoms with E-state index in [-0.39, 0.29) is 11.9 Å². The minimum absolute atomic E-state index is 0.105. The van der Waals surface area contributed by atoms with Crippen LogP contribution >= 0.6 is 0 Å². The maximum atomic E-state index is 11.5. The summed E-state index contributed by atoms with van der Waals surface area (Å²) in [5, 5.41) is 7.99. The summed E-state index contributed by atoms with van der Waals surface area (Å²) in [5.74, 6) is -0.105. The van der Waals surface area contributed by atoms with Crippen LogP contribution in [0.1, 0.15) is 18.1 Å². The van der Waals surface area contributed by atoms with Crippen LogP contribution in [0.5, 0.6) is 0 Å². The van der Waals surface area contributed by atoms with Gasteiger partial charge in [-0.25, -0.2) is 4.79 Å². The molecule has 18 heavy (non-hydrogen) atoms. The van der Waals surface area contributed by atoms with E-state index < -0.39 is 0 Å². The molecule has 98 valence electrons. The van der Waals surface area contributed by atoms with Crippen molar-refractivity contribution >= 4 is 17.6 Å². The molecule has 0 aromatic heterocycles. The lowest BCUT2D eigenvalue weighted by Crippen LogP contribution is -2.36. The van der Waals surface area contributed by atoms with E-state index in [9.17, 15) is 9.59 Å². The van der Waals surface area contributed by atoms with E-state index in [2.05, 4.69) is 16.0 Å². The number of rotatable bonds is 4. The summed E-state index contributed by atoms with van der Waals surface area (Å²) in [5.41, 5.74) is 3.08. The molecule has 3 N–H and O–H groups in total. The average Bonchev–Trinajstić information content (AvgIpc) is 2.29. The van der Waals surface area contributed by atoms with Crippen LogP contribution in [0.3, 0.4) is 0 Å². The van der Waals surface area contributed by atoms with E-state index in [0.29, 0.717) is 13.1 Å². The Morgan fingerprint density at radius 1 is 1.06 bits per heavy atom. The number of benzene rings is 1. The molecular formula is C13H19N3O2. The molecule has 0 saturated carbocycles. The SMILES string of the molecule is CC(=O)NCCNC(=O)Nc1ccc(C)c(C)c1. The van der Waals surface area contributed by atoms with Crippen LogP contribution in [0.2, 0.25) is 0 Å². The first-order valence-corrected chi connectivity index (χ1v) is 5.85. The molecular weight excluding hydrogens is 230 g/mol. The second-order valence-corrected chi connectivity index (χ2v) is 4.16. The van der Waals surface area contributed by atoms with Crippen molar-refractivity contribution in [3.05, 3.63) is 29.3 Å². The van der Waals surface area contributed by atoms with Gasteiger partial charge in [0.25, 0.3) is 0 Å². The fraction of sp³-hybridized carbons (Fsp3) is 0.385. The minimum Gasteiger partial charge on any atom is -0.355 e. The van der Waals surface area contributed by atoms with Gasteiger partial charge in [0.2, 0.25) is 5.91 Å². The Labute approximate surface area is 107 Å². The lowest BCUT2D eigenvalue weighted by atomic mass is 10.1. The second-order valence-electron chi connectivity index (χ2n) is 4.16. The van der Waals surface area contributed by atoms with Gasteiger partial charge in [0, 0.05) is 25.7 Å². The van der Waals surface area contributed by atoms with Crippen molar-refractivity contribution < 1.29 is 9.59 Å². The third kappa shape index (κ3) is 4.86. The lowest BCUT2D eigenvalue weighted by molar-refractivity contribution is -0.118. The van der Waals surface area contributed by atoms with Gasteiger partial charge in [-0.1, -0.05) is 6.07 Å². The van der Waals surface area contributed by atoms with E-state index in [1.54, 1.807) is 0 Å². The van der Waals surface area contributed by atoms with Gasteiger partial charge < -0.3 is 16.0 Å². The van der Waals surface area contributed by atoms with Crippen LogP contribution in [0.25, 0.3) is 0 Å². The fourth-order valence-corrected chi connectivity index (χ4v) is 1.41. The summed E-state index contributed by atoms with van der Waals surface area (Å²) in [4.78, 5) is 22.1. The summed E-state index contributed by atoms with van der Waals surface area (Å²) in [6, 6.07) is 5.46. The molecule has 0 bridgehead atoms. The molecule has 0 atom stereocenters. The lowest BCUT2D eigenvalue weighted by Gasteiger charge is -2.09. The highest BCUT2D eigenvalue weighted by Crippen LogP contribution is 2.13.